The van der Waals surface area contributed by atoms with Gasteiger partial charge in [0.1, 0.15) is 16.7 Å². The van der Waals surface area contributed by atoms with Crippen LogP contribution in [0.25, 0.3) is 45.1 Å². The predicted octanol–water partition coefficient (Wildman–Crippen LogP) is 10.1. The van der Waals surface area contributed by atoms with E-state index in [2.05, 4.69) is 45.1 Å². The number of ether oxygens (including phenoxy) is 1. The van der Waals surface area contributed by atoms with Crippen LogP contribution >= 0.6 is 27.7 Å². The molecule has 0 amide bonds. The minimum Gasteiger partial charge on any atom is -0.453 e. The smallest absolute Gasteiger partial charge is 0.228 e. The van der Waals surface area contributed by atoms with Gasteiger partial charge in [-0.3, -0.25) is 0 Å². The maximum absolute atomic E-state index is 6.46. The van der Waals surface area contributed by atoms with Crippen LogP contribution in [-0.4, -0.2) is 9.97 Å². The van der Waals surface area contributed by atoms with Crippen molar-refractivity contribution in [3.05, 3.63) is 102 Å². The van der Waals surface area contributed by atoms with Crippen LogP contribution in [0.1, 0.15) is 0 Å². The SMILES string of the molecule is Brc1ccc2c(c1)Oc1ccc(-c3nc4ccccc4o3)c3c1N2c1cc(-c2nc4ccccc4o2)ccc1S3. The van der Waals surface area contributed by atoms with Gasteiger partial charge in [0, 0.05) is 14.9 Å². The predicted molar refractivity (Wildman–Crippen MR) is 159 cm³/mol. The fraction of sp³-hybridized carbons (Fsp3) is 0. The zero-order valence-corrected chi connectivity index (χ0v) is 23.0. The van der Waals surface area contributed by atoms with Gasteiger partial charge in [-0.2, -0.15) is 0 Å². The van der Waals surface area contributed by atoms with Gasteiger partial charge in [-0.05, 0) is 72.8 Å². The van der Waals surface area contributed by atoms with Crippen LogP contribution in [-0.2, 0) is 0 Å². The van der Waals surface area contributed by atoms with Crippen molar-refractivity contribution in [3.63, 3.8) is 0 Å². The number of fused-ring (bicyclic) bond motifs is 6. The van der Waals surface area contributed by atoms with Gasteiger partial charge in [-0.15, -0.1) is 0 Å². The summed E-state index contributed by atoms with van der Waals surface area (Å²) >= 11 is 5.29. The first-order chi connectivity index (χ1) is 19.7. The maximum atomic E-state index is 6.46. The van der Waals surface area contributed by atoms with Gasteiger partial charge in [0.15, 0.2) is 22.7 Å². The lowest BCUT2D eigenvalue weighted by molar-refractivity contribution is 0.474. The Balaban J connectivity index is 1.27. The summed E-state index contributed by atoms with van der Waals surface area (Å²) in [6, 6.07) is 32.1. The number of hydrogen-bond acceptors (Lipinski definition) is 7. The molecule has 0 spiro atoms. The summed E-state index contributed by atoms with van der Waals surface area (Å²) in [5.41, 5.74) is 7.95. The summed E-state index contributed by atoms with van der Waals surface area (Å²) in [6.07, 6.45) is 0. The first-order valence-electron chi connectivity index (χ1n) is 12.7. The molecule has 190 valence electrons. The molecule has 2 aromatic heterocycles. The number of aromatic nitrogens is 2. The summed E-state index contributed by atoms with van der Waals surface area (Å²) in [5, 5.41) is 0. The van der Waals surface area contributed by atoms with Crippen molar-refractivity contribution < 1.29 is 13.6 Å². The highest BCUT2D eigenvalue weighted by atomic mass is 79.9. The second kappa shape index (κ2) is 8.24. The number of anilines is 3. The standard InChI is InChI=1S/C32H16BrN3O3S/c33-18-10-12-22-27(16-18)37-26-13-11-19(32-35-21-6-2-4-8-25(21)39-32)30-29(26)36(22)23-15-17(9-14-28(23)40-30)31-34-20-5-1-3-7-24(20)38-31/h1-16H. The van der Waals surface area contributed by atoms with Crippen molar-refractivity contribution in [2.45, 2.75) is 9.79 Å². The number of halogens is 1. The molecule has 0 saturated carbocycles. The summed E-state index contributed by atoms with van der Waals surface area (Å²) in [4.78, 5) is 13.9. The second-order valence-electron chi connectivity index (χ2n) is 9.60. The van der Waals surface area contributed by atoms with Gasteiger partial charge in [0.05, 0.1) is 21.8 Å². The minimum absolute atomic E-state index is 0.583. The van der Waals surface area contributed by atoms with E-state index in [0.717, 1.165) is 76.2 Å². The third kappa shape index (κ3) is 3.23. The van der Waals surface area contributed by atoms with Crippen LogP contribution in [0.3, 0.4) is 0 Å². The molecule has 5 aromatic carbocycles. The Hall–Kier alpha value is -4.53. The van der Waals surface area contributed by atoms with Gasteiger partial charge < -0.3 is 18.5 Å². The molecule has 4 heterocycles. The van der Waals surface area contributed by atoms with E-state index < -0.39 is 0 Å². The maximum Gasteiger partial charge on any atom is 0.228 e. The average molecular weight is 602 g/mol. The first kappa shape index (κ1) is 22.3. The zero-order chi connectivity index (χ0) is 26.4. The fourth-order valence-electron chi connectivity index (χ4n) is 5.37. The molecule has 2 aliphatic rings. The highest BCUT2D eigenvalue weighted by molar-refractivity contribution is 9.10. The normalized spacial score (nSPS) is 13.2. The van der Waals surface area contributed by atoms with E-state index in [1.807, 2.05) is 72.8 Å². The van der Waals surface area contributed by atoms with E-state index in [0.29, 0.717) is 11.8 Å². The molecule has 7 aromatic rings. The van der Waals surface area contributed by atoms with Crippen LogP contribution in [0.4, 0.5) is 17.1 Å². The van der Waals surface area contributed by atoms with Gasteiger partial charge in [0.25, 0.3) is 0 Å². The van der Waals surface area contributed by atoms with Gasteiger partial charge in [0.2, 0.25) is 11.8 Å². The van der Waals surface area contributed by atoms with E-state index in [9.17, 15) is 0 Å². The Morgan fingerprint density at radius 3 is 2.23 bits per heavy atom. The second-order valence-corrected chi connectivity index (χ2v) is 11.6. The molecular weight excluding hydrogens is 586 g/mol. The van der Waals surface area contributed by atoms with Gasteiger partial charge >= 0.3 is 0 Å². The van der Waals surface area contributed by atoms with Crippen LogP contribution in [0.5, 0.6) is 11.5 Å². The summed E-state index contributed by atoms with van der Waals surface area (Å²) in [6.45, 7) is 0. The Kier molecular flexibility index (Phi) is 4.59. The topological polar surface area (TPSA) is 64.5 Å². The number of para-hydroxylation sites is 4. The van der Waals surface area contributed by atoms with Crippen molar-refractivity contribution in [1.82, 2.24) is 9.97 Å². The summed E-state index contributed by atoms with van der Waals surface area (Å²) in [5.74, 6) is 2.71. The number of oxazole rings is 2. The molecule has 0 radical (unpaired) electrons. The lowest BCUT2D eigenvalue weighted by Gasteiger charge is -2.38. The molecule has 0 saturated heterocycles. The molecule has 9 rings (SSSR count). The van der Waals surface area contributed by atoms with Crippen LogP contribution in [0.2, 0.25) is 0 Å². The highest BCUT2D eigenvalue weighted by Gasteiger charge is 2.36. The zero-order valence-electron chi connectivity index (χ0n) is 20.6. The van der Waals surface area contributed by atoms with Gasteiger partial charge in [-0.1, -0.05) is 52.0 Å². The molecule has 8 heteroatoms. The third-order valence-electron chi connectivity index (χ3n) is 7.18. The number of rotatable bonds is 2. The van der Waals surface area contributed by atoms with Crippen molar-refractivity contribution >= 4 is 67.0 Å². The van der Waals surface area contributed by atoms with Crippen molar-refractivity contribution in [2.75, 3.05) is 4.90 Å². The lowest BCUT2D eigenvalue weighted by atomic mass is 10.1. The molecule has 0 bridgehead atoms. The van der Waals surface area contributed by atoms with E-state index in [4.69, 9.17) is 23.5 Å². The molecule has 0 atom stereocenters. The largest absolute Gasteiger partial charge is 0.453 e. The fourth-order valence-corrected chi connectivity index (χ4v) is 6.87. The molecular formula is C32H16BrN3O3S. The molecule has 0 N–H and O–H groups in total. The number of hydrogen-bond donors (Lipinski definition) is 0. The van der Waals surface area contributed by atoms with Crippen molar-refractivity contribution in [1.29, 1.82) is 0 Å². The molecule has 0 fully saturated rings. The number of nitrogens with zero attached hydrogens (tertiary/aromatic N) is 3. The molecule has 6 nitrogen and oxygen atoms in total. The van der Waals surface area contributed by atoms with E-state index in [-0.39, 0.29) is 0 Å². The molecule has 0 unspecified atom stereocenters. The minimum atomic E-state index is 0.583. The van der Waals surface area contributed by atoms with Crippen LogP contribution < -0.4 is 9.64 Å². The third-order valence-corrected chi connectivity index (χ3v) is 8.85. The van der Waals surface area contributed by atoms with E-state index in [1.165, 1.54) is 0 Å². The molecule has 0 aliphatic carbocycles. The average Bonchev–Trinajstić information content (AvgIpc) is 3.61. The highest BCUT2D eigenvalue weighted by Crippen LogP contribution is 2.62. The quantitative estimate of drug-likeness (QED) is 0.195. The van der Waals surface area contributed by atoms with Crippen LogP contribution in [0, 0.1) is 0 Å². The van der Waals surface area contributed by atoms with E-state index in [1.54, 1.807) is 11.8 Å². The monoisotopic (exact) mass is 601 g/mol. The van der Waals surface area contributed by atoms with Crippen LogP contribution in [0.15, 0.2) is 120 Å². The Bertz CT molecular complexity index is 2100. The van der Waals surface area contributed by atoms with Crippen molar-refractivity contribution in [2.24, 2.45) is 0 Å². The Labute approximate surface area is 240 Å². The molecule has 40 heavy (non-hydrogen) atoms. The molecule has 2 aliphatic heterocycles. The Morgan fingerprint density at radius 1 is 0.675 bits per heavy atom. The number of benzene rings is 5. The Morgan fingerprint density at radius 2 is 1.43 bits per heavy atom. The first-order valence-corrected chi connectivity index (χ1v) is 14.3. The van der Waals surface area contributed by atoms with E-state index >= 15 is 0 Å². The summed E-state index contributed by atoms with van der Waals surface area (Å²) in [7, 11) is 0. The van der Waals surface area contributed by atoms with Gasteiger partial charge in [-0.25, -0.2) is 9.97 Å². The lowest BCUT2D eigenvalue weighted by Crippen LogP contribution is -2.20. The summed E-state index contributed by atoms with van der Waals surface area (Å²) < 4.78 is 19.7. The van der Waals surface area contributed by atoms with Crippen molar-refractivity contribution in [3.8, 4) is 34.4 Å².